The average molecular weight is 255 g/mol. The number of esters is 1. The van der Waals surface area contributed by atoms with Gasteiger partial charge >= 0.3 is 5.97 Å². The van der Waals surface area contributed by atoms with E-state index in [1.165, 1.54) is 7.11 Å². The number of rotatable bonds is 3. The maximum absolute atomic E-state index is 11.6. The molecule has 2 rings (SSSR count). The molecule has 0 aliphatic carbocycles. The minimum Gasteiger partial charge on any atom is -0.464 e. The smallest absolute Gasteiger partial charge is 0.358 e. The topological polar surface area (TPSA) is 63.8 Å². The molecule has 17 heavy (non-hydrogen) atoms. The first-order chi connectivity index (χ1) is 8.17. The van der Waals surface area contributed by atoms with Crippen LogP contribution in [0.4, 0.5) is 0 Å². The summed E-state index contributed by atoms with van der Waals surface area (Å²) in [6.45, 7) is -0.0393. The van der Waals surface area contributed by atoms with Crippen molar-refractivity contribution in [3.63, 3.8) is 0 Å². The molecule has 90 valence electrons. The Morgan fingerprint density at radius 2 is 2.41 bits per heavy atom. The maximum atomic E-state index is 11.6. The van der Waals surface area contributed by atoms with Gasteiger partial charge in [-0.25, -0.2) is 9.78 Å². The van der Waals surface area contributed by atoms with Crippen LogP contribution in [0, 0.1) is 0 Å². The molecule has 0 aliphatic rings. The fourth-order valence-corrected chi connectivity index (χ4v) is 1.80. The third kappa shape index (κ3) is 2.11. The summed E-state index contributed by atoms with van der Waals surface area (Å²) < 4.78 is 6.37. The molecule has 0 unspecified atom stereocenters. The number of carbonyl (C=O) groups is 1. The summed E-state index contributed by atoms with van der Waals surface area (Å²) in [6, 6.07) is 3.33. The predicted octanol–water partition coefficient (Wildman–Crippen LogP) is 1.31. The molecule has 0 fully saturated rings. The number of imidazole rings is 1. The van der Waals surface area contributed by atoms with Crippen molar-refractivity contribution in [3.8, 4) is 0 Å². The molecular formula is C11H11ClN2O3. The normalized spacial score (nSPS) is 10.8. The molecule has 2 aromatic heterocycles. The number of aliphatic hydroxyl groups excluding tert-OH is 1. The number of aliphatic hydroxyl groups is 1. The van der Waals surface area contributed by atoms with E-state index < -0.39 is 5.97 Å². The lowest BCUT2D eigenvalue weighted by Gasteiger charge is -1.99. The monoisotopic (exact) mass is 254 g/mol. The van der Waals surface area contributed by atoms with Gasteiger partial charge in [0.25, 0.3) is 0 Å². The van der Waals surface area contributed by atoms with Gasteiger partial charge in [0.05, 0.1) is 19.2 Å². The number of aromatic nitrogens is 2. The first-order valence-corrected chi connectivity index (χ1v) is 5.41. The van der Waals surface area contributed by atoms with Crippen LogP contribution in [-0.4, -0.2) is 34.2 Å². The van der Waals surface area contributed by atoms with E-state index in [-0.39, 0.29) is 12.3 Å². The van der Waals surface area contributed by atoms with E-state index in [1.54, 1.807) is 22.7 Å². The van der Waals surface area contributed by atoms with Gasteiger partial charge in [-0.2, -0.15) is 0 Å². The Morgan fingerprint density at radius 3 is 3.06 bits per heavy atom. The van der Waals surface area contributed by atoms with Crippen LogP contribution in [0.3, 0.4) is 0 Å². The van der Waals surface area contributed by atoms with Gasteiger partial charge in [-0.15, -0.1) is 0 Å². The molecule has 2 aromatic rings. The summed E-state index contributed by atoms with van der Waals surface area (Å²) in [5.74, 6) is 0.0773. The van der Waals surface area contributed by atoms with Crippen molar-refractivity contribution in [1.82, 2.24) is 9.38 Å². The van der Waals surface area contributed by atoms with Crippen molar-refractivity contribution in [2.24, 2.45) is 0 Å². The molecule has 5 nitrogen and oxygen atoms in total. The van der Waals surface area contributed by atoms with E-state index in [2.05, 4.69) is 9.72 Å². The van der Waals surface area contributed by atoms with Crippen LogP contribution < -0.4 is 0 Å². The second-order valence-electron chi connectivity index (χ2n) is 3.44. The number of hydrogen-bond donors (Lipinski definition) is 1. The van der Waals surface area contributed by atoms with Gasteiger partial charge in [-0.3, -0.25) is 0 Å². The zero-order valence-corrected chi connectivity index (χ0v) is 9.94. The van der Waals surface area contributed by atoms with Gasteiger partial charge in [-0.1, -0.05) is 11.6 Å². The molecule has 0 amide bonds. The molecule has 0 spiro atoms. The minimum absolute atomic E-state index is 0.0393. The Kier molecular flexibility index (Phi) is 3.31. The molecule has 0 saturated heterocycles. The van der Waals surface area contributed by atoms with Crippen LogP contribution >= 0.6 is 11.6 Å². The lowest BCUT2D eigenvalue weighted by atomic mass is 10.3. The number of carbonyl (C=O) groups excluding carboxylic acids is 1. The van der Waals surface area contributed by atoms with Crippen LogP contribution in [0.1, 0.15) is 16.3 Å². The summed E-state index contributed by atoms with van der Waals surface area (Å²) in [6.07, 6.45) is 2.07. The fraction of sp³-hybridized carbons (Fsp3) is 0.273. The highest BCUT2D eigenvalue weighted by Crippen LogP contribution is 2.19. The molecule has 1 N–H and O–H groups in total. The third-order valence-corrected chi connectivity index (χ3v) is 2.63. The standard InChI is InChI=1S/C11H11ClN2O3/c1-17-11(16)10-8-6-7(12)2-4-14(8)9(13-10)3-5-15/h2,4,6,15H,3,5H2,1H3. The van der Waals surface area contributed by atoms with Gasteiger partial charge in [0, 0.05) is 17.6 Å². The van der Waals surface area contributed by atoms with E-state index >= 15 is 0 Å². The third-order valence-electron chi connectivity index (χ3n) is 2.39. The van der Waals surface area contributed by atoms with Crippen molar-refractivity contribution >= 4 is 23.1 Å². The molecule has 0 aromatic carbocycles. The van der Waals surface area contributed by atoms with Gasteiger partial charge in [0.15, 0.2) is 5.69 Å². The summed E-state index contributed by atoms with van der Waals surface area (Å²) in [5, 5.41) is 9.46. The van der Waals surface area contributed by atoms with E-state index in [9.17, 15) is 4.79 Å². The summed E-state index contributed by atoms with van der Waals surface area (Å²) in [4.78, 5) is 15.7. The Hall–Kier alpha value is -1.59. The predicted molar refractivity (Wildman–Crippen MR) is 62.3 cm³/mol. The van der Waals surface area contributed by atoms with Crippen molar-refractivity contribution in [2.45, 2.75) is 6.42 Å². The van der Waals surface area contributed by atoms with E-state index in [0.29, 0.717) is 22.8 Å². The summed E-state index contributed by atoms with van der Waals surface area (Å²) >= 11 is 5.88. The Morgan fingerprint density at radius 1 is 1.65 bits per heavy atom. The summed E-state index contributed by atoms with van der Waals surface area (Å²) in [7, 11) is 1.30. The Balaban J connectivity index is 2.66. The summed E-state index contributed by atoms with van der Waals surface area (Å²) in [5.41, 5.74) is 0.784. The van der Waals surface area contributed by atoms with Crippen LogP contribution in [0.5, 0.6) is 0 Å². The molecule has 0 radical (unpaired) electrons. The van der Waals surface area contributed by atoms with Crippen molar-refractivity contribution < 1.29 is 14.6 Å². The highest BCUT2D eigenvalue weighted by molar-refractivity contribution is 6.31. The molecule has 0 atom stereocenters. The Labute approximate surface area is 103 Å². The lowest BCUT2D eigenvalue weighted by molar-refractivity contribution is 0.0596. The van der Waals surface area contributed by atoms with Gasteiger partial charge in [-0.05, 0) is 12.1 Å². The van der Waals surface area contributed by atoms with Gasteiger partial charge in [0.2, 0.25) is 0 Å². The number of ether oxygens (including phenoxy) is 1. The fourth-order valence-electron chi connectivity index (χ4n) is 1.65. The number of methoxy groups -OCH3 is 1. The molecule has 0 saturated carbocycles. The SMILES string of the molecule is COC(=O)c1nc(CCO)n2ccc(Cl)cc12. The first kappa shape index (κ1) is 11.9. The average Bonchev–Trinajstić information content (AvgIpc) is 2.67. The van der Waals surface area contributed by atoms with E-state index in [4.69, 9.17) is 16.7 Å². The molecule has 0 bridgehead atoms. The number of hydrogen-bond acceptors (Lipinski definition) is 4. The van der Waals surface area contributed by atoms with Crippen LogP contribution in [0.25, 0.3) is 5.52 Å². The number of nitrogens with zero attached hydrogens (tertiary/aromatic N) is 2. The lowest BCUT2D eigenvalue weighted by Crippen LogP contribution is -2.02. The minimum atomic E-state index is -0.519. The highest BCUT2D eigenvalue weighted by atomic mass is 35.5. The molecule has 2 heterocycles. The van der Waals surface area contributed by atoms with Crippen molar-refractivity contribution in [1.29, 1.82) is 0 Å². The quantitative estimate of drug-likeness (QED) is 0.839. The zero-order chi connectivity index (χ0) is 12.4. The number of fused-ring (bicyclic) bond motifs is 1. The molecule has 6 heteroatoms. The van der Waals surface area contributed by atoms with Crippen LogP contribution in [0.2, 0.25) is 5.02 Å². The van der Waals surface area contributed by atoms with Crippen LogP contribution in [0.15, 0.2) is 18.3 Å². The highest BCUT2D eigenvalue weighted by Gasteiger charge is 2.17. The largest absolute Gasteiger partial charge is 0.464 e. The molecule has 0 aliphatic heterocycles. The van der Waals surface area contributed by atoms with Crippen molar-refractivity contribution in [2.75, 3.05) is 13.7 Å². The zero-order valence-electron chi connectivity index (χ0n) is 9.18. The van der Waals surface area contributed by atoms with Crippen molar-refractivity contribution in [3.05, 3.63) is 34.9 Å². The van der Waals surface area contributed by atoms with Crippen LogP contribution in [-0.2, 0) is 11.2 Å². The van der Waals surface area contributed by atoms with Gasteiger partial charge < -0.3 is 14.2 Å². The second kappa shape index (κ2) is 4.73. The maximum Gasteiger partial charge on any atom is 0.358 e. The first-order valence-electron chi connectivity index (χ1n) is 5.03. The van der Waals surface area contributed by atoms with E-state index in [1.807, 2.05) is 0 Å². The second-order valence-corrected chi connectivity index (χ2v) is 3.88. The van der Waals surface area contributed by atoms with Gasteiger partial charge in [0.1, 0.15) is 5.82 Å². The molecular weight excluding hydrogens is 244 g/mol. The van der Waals surface area contributed by atoms with E-state index in [0.717, 1.165) is 0 Å². The number of halogens is 1. The number of pyridine rings is 1. The Bertz CT molecular complexity index is 565.